The van der Waals surface area contributed by atoms with E-state index in [9.17, 15) is 0 Å². The van der Waals surface area contributed by atoms with Crippen molar-refractivity contribution in [3.05, 3.63) is 21.9 Å². The lowest BCUT2D eigenvalue weighted by Gasteiger charge is -1.92. The number of fused-ring (bicyclic) bond motifs is 1. The molecule has 1 heterocycles. The van der Waals surface area contributed by atoms with Gasteiger partial charge in [0.2, 0.25) is 0 Å². The molecular weight excluding hydrogens is 142 g/mol. The fourth-order valence-corrected chi connectivity index (χ4v) is 2.33. The molecule has 1 N–H and O–H groups in total. The molecule has 0 bridgehead atoms. The molecular formula is C8H9NS. The van der Waals surface area contributed by atoms with E-state index in [4.69, 9.17) is 5.41 Å². The standard InChI is InChI=1S/C8H9NS/c1-5(9)4-7-6-2-3-10-8(6)7/h2-3,7,9H,4H2,1H3. The van der Waals surface area contributed by atoms with E-state index in [-0.39, 0.29) is 0 Å². The first-order chi connectivity index (χ1) is 4.79. The Bertz CT molecular complexity index is 256. The van der Waals surface area contributed by atoms with Crippen LogP contribution in [-0.2, 0) is 0 Å². The Morgan fingerprint density at radius 1 is 1.80 bits per heavy atom. The van der Waals surface area contributed by atoms with Crippen molar-refractivity contribution in [3.8, 4) is 0 Å². The first-order valence-corrected chi connectivity index (χ1v) is 4.28. The topological polar surface area (TPSA) is 23.9 Å². The maximum atomic E-state index is 7.28. The predicted octanol–water partition coefficient (Wildman–Crippen LogP) is 2.62. The molecule has 0 saturated carbocycles. The third-order valence-corrected chi connectivity index (χ3v) is 2.89. The van der Waals surface area contributed by atoms with E-state index < -0.39 is 0 Å². The molecule has 1 nitrogen and oxygen atoms in total. The zero-order chi connectivity index (χ0) is 7.14. The summed E-state index contributed by atoms with van der Waals surface area (Å²) >= 11 is 1.82. The third kappa shape index (κ3) is 0.797. The van der Waals surface area contributed by atoms with Crippen molar-refractivity contribution in [3.63, 3.8) is 0 Å². The second-order valence-electron chi connectivity index (χ2n) is 2.78. The summed E-state index contributed by atoms with van der Waals surface area (Å²) in [4.78, 5) is 1.51. The van der Waals surface area contributed by atoms with Crippen LogP contribution in [0.25, 0.3) is 0 Å². The van der Waals surface area contributed by atoms with E-state index in [0.717, 1.165) is 12.1 Å². The number of rotatable bonds is 2. The van der Waals surface area contributed by atoms with E-state index in [0.29, 0.717) is 5.92 Å². The van der Waals surface area contributed by atoms with Gasteiger partial charge in [-0.3, -0.25) is 0 Å². The van der Waals surface area contributed by atoms with Crippen LogP contribution in [-0.4, -0.2) is 5.71 Å². The average Bonchev–Trinajstić information content (AvgIpc) is 2.40. The molecule has 1 aromatic rings. The third-order valence-electron chi connectivity index (χ3n) is 1.85. The maximum Gasteiger partial charge on any atom is 0.0249 e. The molecule has 1 aliphatic rings. The normalized spacial score (nSPS) is 20.3. The van der Waals surface area contributed by atoms with Gasteiger partial charge in [-0.15, -0.1) is 11.3 Å². The Kier molecular flexibility index (Phi) is 1.17. The van der Waals surface area contributed by atoms with Crippen molar-refractivity contribution in [1.82, 2.24) is 0 Å². The lowest BCUT2D eigenvalue weighted by atomic mass is 10.2. The van der Waals surface area contributed by atoms with E-state index in [1.165, 1.54) is 10.4 Å². The summed E-state index contributed by atoms with van der Waals surface area (Å²) in [6, 6.07) is 2.17. The lowest BCUT2D eigenvalue weighted by Crippen LogP contribution is -1.88. The fourth-order valence-electron chi connectivity index (χ4n) is 1.30. The summed E-state index contributed by atoms with van der Waals surface area (Å²) in [5, 5.41) is 9.41. The van der Waals surface area contributed by atoms with Crippen molar-refractivity contribution in [2.75, 3.05) is 0 Å². The van der Waals surface area contributed by atoms with Gasteiger partial charge in [0.05, 0.1) is 0 Å². The molecule has 0 aromatic carbocycles. The van der Waals surface area contributed by atoms with E-state index in [1.807, 2.05) is 18.3 Å². The molecule has 0 fully saturated rings. The zero-order valence-corrected chi connectivity index (χ0v) is 6.66. The summed E-state index contributed by atoms with van der Waals surface area (Å²) in [5.41, 5.74) is 2.28. The Labute approximate surface area is 64.2 Å². The Hall–Kier alpha value is -0.630. The number of nitrogens with one attached hydrogen (secondary N) is 1. The van der Waals surface area contributed by atoms with E-state index in [1.54, 1.807) is 0 Å². The molecule has 0 amide bonds. The molecule has 52 valence electrons. The van der Waals surface area contributed by atoms with Gasteiger partial charge in [0.25, 0.3) is 0 Å². The van der Waals surface area contributed by atoms with Gasteiger partial charge in [0, 0.05) is 16.5 Å². The van der Waals surface area contributed by atoms with Crippen LogP contribution in [0, 0.1) is 5.41 Å². The molecule has 0 radical (unpaired) electrons. The highest BCUT2D eigenvalue weighted by Gasteiger charge is 2.33. The minimum atomic E-state index is 0.646. The van der Waals surface area contributed by atoms with Crippen molar-refractivity contribution in [1.29, 1.82) is 5.41 Å². The van der Waals surface area contributed by atoms with Crippen LogP contribution in [0.1, 0.15) is 29.7 Å². The van der Waals surface area contributed by atoms with Gasteiger partial charge in [-0.25, -0.2) is 0 Å². The van der Waals surface area contributed by atoms with Gasteiger partial charge in [0.15, 0.2) is 0 Å². The van der Waals surface area contributed by atoms with Crippen molar-refractivity contribution in [2.24, 2.45) is 0 Å². The van der Waals surface area contributed by atoms with E-state index >= 15 is 0 Å². The second-order valence-corrected chi connectivity index (χ2v) is 3.72. The lowest BCUT2D eigenvalue weighted by molar-refractivity contribution is 1.02. The monoisotopic (exact) mass is 151 g/mol. The Morgan fingerprint density at radius 2 is 2.60 bits per heavy atom. The van der Waals surface area contributed by atoms with Crippen LogP contribution in [0.15, 0.2) is 11.4 Å². The van der Waals surface area contributed by atoms with Gasteiger partial charge in [-0.1, -0.05) is 0 Å². The highest BCUT2D eigenvalue weighted by atomic mass is 32.1. The fraction of sp³-hybridized carbons (Fsp3) is 0.375. The molecule has 1 aromatic heterocycles. The minimum Gasteiger partial charge on any atom is -0.310 e. The van der Waals surface area contributed by atoms with Gasteiger partial charge < -0.3 is 5.41 Å². The van der Waals surface area contributed by atoms with Gasteiger partial charge in [-0.05, 0) is 30.4 Å². The van der Waals surface area contributed by atoms with Crippen LogP contribution >= 0.6 is 11.3 Å². The summed E-state index contributed by atoms with van der Waals surface area (Å²) in [7, 11) is 0. The van der Waals surface area contributed by atoms with Crippen LogP contribution in [0.4, 0.5) is 0 Å². The van der Waals surface area contributed by atoms with Crippen molar-refractivity contribution in [2.45, 2.75) is 19.3 Å². The molecule has 0 aliphatic heterocycles. The highest BCUT2D eigenvalue weighted by molar-refractivity contribution is 7.11. The molecule has 2 heteroatoms. The van der Waals surface area contributed by atoms with Crippen LogP contribution in [0.3, 0.4) is 0 Å². The van der Waals surface area contributed by atoms with Gasteiger partial charge in [0.1, 0.15) is 0 Å². The summed E-state index contributed by atoms with van der Waals surface area (Å²) in [6.45, 7) is 1.88. The summed E-state index contributed by atoms with van der Waals surface area (Å²) < 4.78 is 0. The minimum absolute atomic E-state index is 0.646. The molecule has 10 heavy (non-hydrogen) atoms. The SMILES string of the molecule is CC(=N)CC1c2ccsc21. The van der Waals surface area contributed by atoms with E-state index in [2.05, 4.69) is 11.4 Å². The largest absolute Gasteiger partial charge is 0.310 e. The summed E-state index contributed by atoms with van der Waals surface area (Å²) in [6.07, 6.45) is 0.946. The van der Waals surface area contributed by atoms with Crippen LogP contribution < -0.4 is 0 Å². The van der Waals surface area contributed by atoms with Crippen molar-refractivity contribution < 1.29 is 0 Å². The average molecular weight is 151 g/mol. The molecule has 1 atom stereocenters. The predicted molar refractivity (Wildman–Crippen MR) is 44.2 cm³/mol. The van der Waals surface area contributed by atoms with Crippen LogP contribution in [0.5, 0.6) is 0 Å². The molecule has 2 rings (SSSR count). The molecule has 1 aliphatic carbocycles. The highest BCUT2D eigenvalue weighted by Crippen LogP contribution is 2.49. The Balaban J connectivity index is 2.05. The molecule has 0 spiro atoms. The van der Waals surface area contributed by atoms with Crippen LogP contribution in [0.2, 0.25) is 0 Å². The first kappa shape index (κ1) is 6.10. The number of hydrogen-bond donors (Lipinski definition) is 1. The van der Waals surface area contributed by atoms with Gasteiger partial charge >= 0.3 is 0 Å². The second kappa shape index (κ2) is 1.92. The summed E-state index contributed by atoms with van der Waals surface area (Å²) in [5.74, 6) is 0.646. The zero-order valence-electron chi connectivity index (χ0n) is 5.85. The number of hydrogen-bond acceptors (Lipinski definition) is 2. The molecule has 0 saturated heterocycles. The molecule has 1 unspecified atom stereocenters. The first-order valence-electron chi connectivity index (χ1n) is 3.40. The van der Waals surface area contributed by atoms with Gasteiger partial charge in [-0.2, -0.15) is 0 Å². The number of thiophene rings is 1. The Morgan fingerprint density at radius 3 is 3.10 bits per heavy atom. The maximum absolute atomic E-state index is 7.28. The smallest absolute Gasteiger partial charge is 0.0249 e. The van der Waals surface area contributed by atoms with Crippen molar-refractivity contribution >= 4 is 17.0 Å². The quantitative estimate of drug-likeness (QED) is 0.628.